The second-order valence-corrected chi connectivity index (χ2v) is 6.32. The van der Waals surface area contributed by atoms with Crippen molar-refractivity contribution in [3.05, 3.63) is 65.7 Å². The lowest BCUT2D eigenvalue weighted by molar-refractivity contribution is -0.111. The number of primary sulfonamides is 1. The Morgan fingerprint density at radius 3 is 2.45 bits per heavy atom. The Hall–Kier alpha value is -2.44. The first kappa shape index (κ1) is 15.9. The molecule has 0 bridgehead atoms. The summed E-state index contributed by atoms with van der Waals surface area (Å²) in [5.74, 6) is -0.349. The van der Waals surface area contributed by atoms with Crippen LogP contribution in [-0.4, -0.2) is 14.3 Å². The van der Waals surface area contributed by atoms with E-state index in [-0.39, 0.29) is 10.8 Å². The SMILES string of the molecule is Cc1ccc(S(N)(=O)=O)cc1NC(=O)C=Cc1ccccc1. The van der Waals surface area contributed by atoms with Crippen LogP contribution in [0.5, 0.6) is 0 Å². The normalized spacial score (nSPS) is 11.5. The van der Waals surface area contributed by atoms with Crippen molar-refractivity contribution in [2.45, 2.75) is 11.8 Å². The first-order chi connectivity index (χ1) is 10.4. The summed E-state index contributed by atoms with van der Waals surface area (Å²) in [6.45, 7) is 1.77. The number of sulfonamides is 1. The van der Waals surface area contributed by atoms with Gasteiger partial charge in [-0.05, 0) is 36.3 Å². The lowest BCUT2D eigenvalue weighted by atomic mass is 10.2. The quantitative estimate of drug-likeness (QED) is 0.848. The van der Waals surface area contributed by atoms with Gasteiger partial charge in [0.05, 0.1) is 4.90 Å². The largest absolute Gasteiger partial charge is 0.322 e. The summed E-state index contributed by atoms with van der Waals surface area (Å²) < 4.78 is 22.7. The second kappa shape index (κ2) is 6.55. The van der Waals surface area contributed by atoms with Gasteiger partial charge in [-0.1, -0.05) is 36.4 Å². The Bertz CT molecular complexity index is 813. The van der Waals surface area contributed by atoms with Gasteiger partial charge in [0.15, 0.2) is 0 Å². The lowest BCUT2D eigenvalue weighted by Gasteiger charge is -2.08. The van der Waals surface area contributed by atoms with Gasteiger partial charge in [0.2, 0.25) is 15.9 Å². The van der Waals surface area contributed by atoms with E-state index in [0.717, 1.165) is 11.1 Å². The van der Waals surface area contributed by atoms with E-state index >= 15 is 0 Å². The number of carbonyl (C=O) groups is 1. The molecule has 0 aliphatic heterocycles. The molecule has 3 N–H and O–H groups in total. The number of amides is 1. The fraction of sp³-hybridized carbons (Fsp3) is 0.0625. The molecule has 0 aliphatic rings. The van der Waals surface area contributed by atoms with Crippen LogP contribution in [0.4, 0.5) is 5.69 Å². The number of rotatable bonds is 4. The van der Waals surface area contributed by atoms with Gasteiger partial charge in [-0.25, -0.2) is 13.6 Å². The molecule has 0 atom stereocenters. The van der Waals surface area contributed by atoms with Crippen LogP contribution in [0.1, 0.15) is 11.1 Å². The fourth-order valence-electron chi connectivity index (χ4n) is 1.82. The maximum atomic E-state index is 11.9. The number of nitrogens with two attached hydrogens (primary N) is 1. The van der Waals surface area contributed by atoms with E-state index < -0.39 is 10.0 Å². The third-order valence-corrected chi connectivity index (χ3v) is 3.93. The van der Waals surface area contributed by atoms with Crippen LogP contribution in [0.15, 0.2) is 59.5 Å². The monoisotopic (exact) mass is 316 g/mol. The minimum absolute atomic E-state index is 0.0413. The summed E-state index contributed by atoms with van der Waals surface area (Å²) in [6.07, 6.45) is 3.06. The summed E-state index contributed by atoms with van der Waals surface area (Å²) in [5, 5.41) is 7.73. The van der Waals surface area contributed by atoms with Crippen molar-refractivity contribution in [2.75, 3.05) is 5.32 Å². The maximum Gasteiger partial charge on any atom is 0.248 e. The van der Waals surface area contributed by atoms with Gasteiger partial charge in [-0.15, -0.1) is 0 Å². The molecule has 0 aliphatic carbocycles. The molecule has 0 saturated carbocycles. The van der Waals surface area contributed by atoms with Crippen LogP contribution in [0.2, 0.25) is 0 Å². The maximum absolute atomic E-state index is 11.9. The highest BCUT2D eigenvalue weighted by Gasteiger charge is 2.10. The minimum Gasteiger partial charge on any atom is -0.322 e. The van der Waals surface area contributed by atoms with E-state index in [9.17, 15) is 13.2 Å². The molecule has 0 saturated heterocycles. The standard InChI is InChI=1S/C16H16N2O3S/c1-12-7-9-14(22(17,20)21)11-15(12)18-16(19)10-8-13-5-3-2-4-6-13/h2-11H,1H3,(H,18,19)(H2,17,20,21). The van der Waals surface area contributed by atoms with Gasteiger partial charge in [-0.2, -0.15) is 0 Å². The summed E-state index contributed by atoms with van der Waals surface area (Å²) in [4.78, 5) is 11.9. The van der Waals surface area contributed by atoms with Crippen molar-refractivity contribution in [3.8, 4) is 0 Å². The van der Waals surface area contributed by atoms with E-state index in [1.165, 1.54) is 18.2 Å². The zero-order valence-corrected chi connectivity index (χ0v) is 12.8. The Morgan fingerprint density at radius 1 is 1.14 bits per heavy atom. The molecule has 2 rings (SSSR count). The van der Waals surface area contributed by atoms with Crippen molar-refractivity contribution in [3.63, 3.8) is 0 Å². The second-order valence-electron chi connectivity index (χ2n) is 4.76. The number of hydrogen-bond donors (Lipinski definition) is 2. The van der Waals surface area contributed by atoms with Gasteiger partial charge in [0, 0.05) is 11.8 Å². The van der Waals surface area contributed by atoms with E-state index in [1.807, 2.05) is 30.3 Å². The van der Waals surface area contributed by atoms with Gasteiger partial charge >= 0.3 is 0 Å². The number of nitrogens with one attached hydrogen (secondary N) is 1. The Balaban J connectivity index is 2.17. The molecule has 0 aromatic heterocycles. The number of aryl methyl sites for hydroxylation is 1. The minimum atomic E-state index is -3.80. The molecule has 114 valence electrons. The van der Waals surface area contributed by atoms with Crippen LogP contribution >= 0.6 is 0 Å². The molecule has 5 nitrogen and oxygen atoms in total. The third-order valence-electron chi connectivity index (χ3n) is 3.02. The van der Waals surface area contributed by atoms with Crippen LogP contribution < -0.4 is 10.5 Å². The topological polar surface area (TPSA) is 89.3 Å². The van der Waals surface area contributed by atoms with Crippen LogP contribution in [0, 0.1) is 6.92 Å². The predicted octanol–water partition coefficient (Wildman–Crippen LogP) is 2.29. The molecule has 2 aromatic rings. The molecule has 0 unspecified atom stereocenters. The Labute approximate surface area is 129 Å². The molecule has 6 heteroatoms. The molecule has 22 heavy (non-hydrogen) atoms. The average molecular weight is 316 g/mol. The van der Waals surface area contributed by atoms with Gasteiger partial charge in [0.25, 0.3) is 0 Å². The third kappa shape index (κ3) is 4.28. The number of hydrogen-bond acceptors (Lipinski definition) is 3. The highest BCUT2D eigenvalue weighted by atomic mass is 32.2. The molecule has 0 spiro atoms. The molecular weight excluding hydrogens is 300 g/mol. The first-order valence-corrected chi connectivity index (χ1v) is 8.08. The van der Waals surface area contributed by atoms with Gasteiger partial charge in [0.1, 0.15) is 0 Å². The molecule has 0 radical (unpaired) electrons. The molecule has 2 aromatic carbocycles. The Morgan fingerprint density at radius 2 is 1.82 bits per heavy atom. The molecule has 0 heterocycles. The smallest absolute Gasteiger partial charge is 0.248 e. The van der Waals surface area contributed by atoms with Gasteiger partial charge in [-0.3, -0.25) is 4.79 Å². The van der Waals surface area contributed by atoms with Gasteiger partial charge < -0.3 is 5.32 Å². The van der Waals surface area contributed by atoms with E-state index in [2.05, 4.69) is 5.32 Å². The first-order valence-electron chi connectivity index (χ1n) is 6.54. The van der Waals surface area contributed by atoms with E-state index in [4.69, 9.17) is 5.14 Å². The summed E-state index contributed by atoms with van der Waals surface area (Å²) in [7, 11) is -3.80. The van der Waals surface area contributed by atoms with E-state index in [1.54, 1.807) is 19.1 Å². The van der Waals surface area contributed by atoms with Crippen molar-refractivity contribution in [2.24, 2.45) is 5.14 Å². The number of benzene rings is 2. The highest BCUT2D eigenvalue weighted by Crippen LogP contribution is 2.19. The molecular formula is C16H16N2O3S. The Kier molecular flexibility index (Phi) is 4.75. The predicted molar refractivity (Wildman–Crippen MR) is 86.7 cm³/mol. The van der Waals surface area contributed by atoms with Crippen LogP contribution in [0.3, 0.4) is 0 Å². The van der Waals surface area contributed by atoms with E-state index in [0.29, 0.717) is 5.69 Å². The summed E-state index contributed by atoms with van der Waals surface area (Å²) >= 11 is 0. The van der Waals surface area contributed by atoms with Crippen molar-refractivity contribution < 1.29 is 13.2 Å². The zero-order valence-electron chi connectivity index (χ0n) is 12.0. The van der Waals surface area contributed by atoms with Crippen molar-refractivity contribution in [1.29, 1.82) is 0 Å². The number of anilines is 1. The zero-order chi connectivity index (χ0) is 16.2. The summed E-state index contributed by atoms with van der Waals surface area (Å²) in [6, 6.07) is 13.7. The molecule has 1 amide bonds. The van der Waals surface area contributed by atoms with Crippen LogP contribution in [0.25, 0.3) is 6.08 Å². The lowest BCUT2D eigenvalue weighted by Crippen LogP contribution is -2.14. The highest BCUT2D eigenvalue weighted by molar-refractivity contribution is 7.89. The van der Waals surface area contributed by atoms with Crippen molar-refractivity contribution in [1.82, 2.24) is 0 Å². The average Bonchev–Trinajstić information content (AvgIpc) is 2.47. The van der Waals surface area contributed by atoms with Crippen LogP contribution in [-0.2, 0) is 14.8 Å². The summed E-state index contributed by atoms with van der Waals surface area (Å²) in [5.41, 5.74) is 2.05. The van der Waals surface area contributed by atoms with Crippen molar-refractivity contribution >= 4 is 27.7 Å². The molecule has 0 fully saturated rings. The number of carbonyl (C=O) groups excluding carboxylic acids is 1. The fourth-order valence-corrected chi connectivity index (χ4v) is 2.36.